The SMILES string of the molecule is Cc1nc(-c2nnn(C)c2COc2nccc(C(F)(F)F)n2)ccc1O[C@H]1C[C@@H]2CC[C@H](CC(=O)O)[C@@H]2C1. The van der Waals surface area contributed by atoms with Crippen LogP contribution < -0.4 is 9.47 Å². The molecule has 13 heteroatoms. The number of rotatable bonds is 8. The molecule has 5 rings (SSSR count). The van der Waals surface area contributed by atoms with Crippen molar-refractivity contribution in [3.63, 3.8) is 0 Å². The predicted molar refractivity (Wildman–Crippen MR) is 126 cm³/mol. The van der Waals surface area contributed by atoms with Gasteiger partial charge in [-0.05, 0) is 68.6 Å². The van der Waals surface area contributed by atoms with Crippen molar-refractivity contribution in [3.05, 3.63) is 41.5 Å². The molecule has 1 N–H and O–H groups in total. The van der Waals surface area contributed by atoms with Crippen LogP contribution in [0.25, 0.3) is 11.4 Å². The third kappa shape index (κ3) is 5.41. The van der Waals surface area contributed by atoms with Crippen molar-refractivity contribution >= 4 is 5.97 Å². The average Bonchev–Trinajstić information content (AvgIpc) is 3.54. The molecule has 0 amide bonds. The summed E-state index contributed by atoms with van der Waals surface area (Å²) in [6.45, 7) is 1.66. The van der Waals surface area contributed by atoms with Gasteiger partial charge in [0.05, 0.1) is 17.5 Å². The van der Waals surface area contributed by atoms with Crippen LogP contribution in [0.4, 0.5) is 13.2 Å². The highest BCUT2D eigenvalue weighted by Crippen LogP contribution is 2.49. The van der Waals surface area contributed by atoms with Crippen LogP contribution in [-0.4, -0.2) is 47.1 Å². The quantitative estimate of drug-likeness (QED) is 0.454. The van der Waals surface area contributed by atoms with Gasteiger partial charge >= 0.3 is 18.2 Å². The topological polar surface area (TPSA) is 125 Å². The highest BCUT2D eigenvalue weighted by atomic mass is 19.4. The normalized spacial score (nSPS) is 22.9. The zero-order valence-electron chi connectivity index (χ0n) is 20.9. The molecule has 0 spiro atoms. The first-order valence-electron chi connectivity index (χ1n) is 12.4. The number of carboxylic acids is 1. The van der Waals surface area contributed by atoms with Crippen LogP contribution in [0.5, 0.6) is 11.8 Å². The van der Waals surface area contributed by atoms with Gasteiger partial charge in [0.2, 0.25) is 0 Å². The van der Waals surface area contributed by atoms with Crippen LogP contribution in [0.15, 0.2) is 24.4 Å². The molecule has 2 aliphatic rings. The summed E-state index contributed by atoms with van der Waals surface area (Å²) >= 11 is 0. The molecule has 202 valence electrons. The average molecular weight is 533 g/mol. The van der Waals surface area contributed by atoms with Gasteiger partial charge in [0.25, 0.3) is 0 Å². The summed E-state index contributed by atoms with van der Waals surface area (Å²) in [5.41, 5.74) is 0.972. The van der Waals surface area contributed by atoms with Gasteiger partial charge in [-0.2, -0.15) is 18.2 Å². The number of hydrogen-bond donors (Lipinski definition) is 1. The molecule has 3 heterocycles. The van der Waals surface area contributed by atoms with E-state index in [1.165, 1.54) is 4.68 Å². The van der Waals surface area contributed by atoms with Crippen molar-refractivity contribution < 1.29 is 32.5 Å². The number of nitrogens with zero attached hydrogens (tertiary/aromatic N) is 6. The number of hydrogen-bond acceptors (Lipinski definition) is 8. The molecular formula is C25H27F3N6O4. The number of fused-ring (bicyclic) bond motifs is 1. The molecule has 2 saturated carbocycles. The molecular weight excluding hydrogens is 505 g/mol. The molecule has 2 aliphatic carbocycles. The second-order valence-electron chi connectivity index (χ2n) is 9.87. The molecule has 3 aromatic rings. The minimum absolute atomic E-state index is 0.0147. The Hall–Kier alpha value is -3.77. The number of aromatic nitrogens is 6. The number of pyridine rings is 1. The van der Waals surface area contributed by atoms with Crippen molar-refractivity contribution in [1.29, 1.82) is 0 Å². The molecule has 0 radical (unpaired) electrons. The van der Waals surface area contributed by atoms with Crippen molar-refractivity contribution in [1.82, 2.24) is 29.9 Å². The Morgan fingerprint density at radius 1 is 1.18 bits per heavy atom. The number of alkyl halides is 3. The fraction of sp³-hybridized carbons (Fsp3) is 0.520. The third-order valence-corrected chi connectivity index (χ3v) is 7.44. The molecule has 4 atom stereocenters. The largest absolute Gasteiger partial charge is 0.489 e. The number of aryl methyl sites for hydroxylation is 2. The highest BCUT2D eigenvalue weighted by Gasteiger charge is 2.44. The first-order valence-corrected chi connectivity index (χ1v) is 12.4. The van der Waals surface area contributed by atoms with Crippen LogP contribution in [-0.2, 0) is 24.6 Å². The molecule has 0 bridgehead atoms. The summed E-state index contributed by atoms with van der Waals surface area (Å²) in [6.07, 6.45) is 0.367. The van der Waals surface area contributed by atoms with E-state index in [1.54, 1.807) is 13.1 Å². The Kier molecular flexibility index (Phi) is 6.93. The number of halogens is 3. The predicted octanol–water partition coefficient (Wildman–Crippen LogP) is 4.23. The van der Waals surface area contributed by atoms with Gasteiger partial charge in [0, 0.05) is 19.7 Å². The van der Waals surface area contributed by atoms with Crippen molar-refractivity contribution in [2.45, 2.75) is 57.9 Å². The Bertz CT molecular complexity index is 1330. The summed E-state index contributed by atoms with van der Waals surface area (Å²) < 4.78 is 52.0. The Morgan fingerprint density at radius 2 is 2.00 bits per heavy atom. The smallest absolute Gasteiger partial charge is 0.433 e. The van der Waals surface area contributed by atoms with Crippen LogP contribution in [0, 0.1) is 24.7 Å². The maximum atomic E-state index is 12.9. The van der Waals surface area contributed by atoms with Gasteiger partial charge < -0.3 is 14.6 Å². The molecule has 0 aromatic carbocycles. The molecule has 2 fully saturated rings. The molecule has 0 aliphatic heterocycles. The fourth-order valence-electron chi connectivity index (χ4n) is 5.65. The van der Waals surface area contributed by atoms with E-state index in [0.29, 0.717) is 40.4 Å². The van der Waals surface area contributed by atoms with Gasteiger partial charge in [-0.3, -0.25) is 4.79 Å². The zero-order chi connectivity index (χ0) is 27.0. The standard InChI is InChI=1S/C25H27F3N6O4/c1-13-20(38-16-9-14-3-4-15(10-22(35)36)17(14)11-16)6-5-18(30-13)23-19(34(2)33-32-23)12-37-24-29-8-7-21(31-24)25(26,27)28/h5-8,14-17H,3-4,9-12H2,1-2H3,(H,35,36)/t14-,15+,16-,17+/m0/s1. The Morgan fingerprint density at radius 3 is 2.74 bits per heavy atom. The van der Waals surface area contributed by atoms with Gasteiger partial charge in [0.15, 0.2) is 5.69 Å². The summed E-state index contributed by atoms with van der Waals surface area (Å²) in [6, 6.07) is 3.92. The molecule has 10 nitrogen and oxygen atoms in total. The van der Waals surface area contributed by atoms with Crippen molar-refractivity contribution in [2.75, 3.05) is 0 Å². The van der Waals surface area contributed by atoms with Crippen LogP contribution >= 0.6 is 0 Å². The van der Waals surface area contributed by atoms with E-state index < -0.39 is 23.8 Å². The lowest BCUT2D eigenvalue weighted by Gasteiger charge is -2.19. The fourth-order valence-corrected chi connectivity index (χ4v) is 5.65. The van der Waals surface area contributed by atoms with E-state index in [9.17, 15) is 23.1 Å². The first kappa shape index (κ1) is 25.9. The minimum Gasteiger partial charge on any atom is -0.489 e. The maximum absolute atomic E-state index is 12.9. The van der Waals surface area contributed by atoms with E-state index in [4.69, 9.17) is 9.47 Å². The summed E-state index contributed by atoms with van der Waals surface area (Å²) in [7, 11) is 1.64. The van der Waals surface area contributed by atoms with E-state index in [-0.39, 0.29) is 25.0 Å². The summed E-state index contributed by atoms with van der Waals surface area (Å²) in [5, 5.41) is 17.4. The first-order chi connectivity index (χ1) is 18.1. The molecule has 0 saturated heterocycles. The van der Waals surface area contributed by atoms with Crippen LogP contribution in [0.3, 0.4) is 0 Å². The number of carboxylic acid groups (broad SMARTS) is 1. The van der Waals surface area contributed by atoms with E-state index in [2.05, 4.69) is 25.3 Å². The van der Waals surface area contributed by atoms with Gasteiger partial charge in [-0.15, -0.1) is 5.10 Å². The third-order valence-electron chi connectivity index (χ3n) is 7.44. The molecule has 3 aromatic heterocycles. The minimum atomic E-state index is -4.61. The maximum Gasteiger partial charge on any atom is 0.433 e. The van der Waals surface area contributed by atoms with Crippen LogP contribution in [0.2, 0.25) is 0 Å². The number of ether oxygens (including phenoxy) is 2. The molecule has 0 unspecified atom stereocenters. The van der Waals surface area contributed by atoms with Crippen molar-refractivity contribution in [3.8, 4) is 23.1 Å². The second-order valence-corrected chi connectivity index (χ2v) is 9.87. The lowest BCUT2D eigenvalue weighted by Crippen LogP contribution is -2.17. The van der Waals surface area contributed by atoms with Gasteiger partial charge in [-0.1, -0.05) is 5.21 Å². The van der Waals surface area contributed by atoms with E-state index >= 15 is 0 Å². The lowest BCUT2D eigenvalue weighted by molar-refractivity contribution is -0.141. The summed E-state index contributed by atoms with van der Waals surface area (Å²) in [4.78, 5) is 23.0. The summed E-state index contributed by atoms with van der Waals surface area (Å²) in [5.74, 6) is 0.997. The van der Waals surface area contributed by atoms with Crippen LogP contribution in [0.1, 0.15) is 49.2 Å². The number of aliphatic carboxylic acids is 1. The second kappa shape index (κ2) is 10.2. The van der Waals surface area contributed by atoms with Crippen molar-refractivity contribution in [2.24, 2.45) is 24.8 Å². The zero-order valence-corrected chi connectivity index (χ0v) is 20.9. The highest BCUT2D eigenvalue weighted by molar-refractivity contribution is 5.67. The van der Waals surface area contributed by atoms with Gasteiger partial charge in [-0.25, -0.2) is 14.6 Å². The van der Waals surface area contributed by atoms with E-state index in [0.717, 1.165) is 37.9 Å². The monoisotopic (exact) mass is 532 g/mol. The Balaban J connectivity index is 1.26. The van der Waals surface area contributed by atoms with Gasteiger partial charge in [0.1, 0.15) is 23.7 Å². The molecule has 38 heavy (non-hydrogen) atoms. The van der Waals surface area contributed by atoms with E-state index in [1.807, 2.05) is 13.0 Å². The lowest BCUT2D eigenvalue weighted by atomic mass is 9.90. The Labute approximate surface area is 216 Å². The number of carbonyl (C=O) groups is 1.